The molecule has 19 heavy (non-hydrogen) atoms. The van der Waals surface area contributed by atoms with Crippen molar-refractivity contribution in [3.05, 3.63) is 30.9 Å². The molecular weight excluding hydrogens is 242 g/mol. The third-order valence-electron chi connectivity index (χ3n) is 2.65. The summed E-state index contributed by atoms with van der Waals surface area (Å²) in [5, 5.41) is 2.80. The quantitative estimate of drug-likeness (QED) is 0.850. The molecule has 1 rings (SSSR count). The van der Waals surface area contributed by atoms with Crippen LogP contribution in [0.25, 0.3) is 0 Å². The van der Waals surface area contributed by atoms with Crippen molar-refractivity contribution in [2.75, 3.05) is 0 Å². The molecule has 2 atom stereocenters. The predicted octanol–water partition coefficient (Wildman–Crippen LogP) is 3.22. The topological polar surface area (TPSA) is 56.2 Å². The van der Waals surface area contributed by atoms with Gasteiger partial charge in [0.25, 0.3) is 0 Å². The van der Waals surface area contributed by atoms with Gasteiger partial charge in [0.05, 0.1) is 24.3 Å². The van der Waals surface area contributed by atoms with Gasteiger partial charge in [-0.3, -0.25) is 0 Å². The fraction of sp³-hybridized carbons (Fsp3) is 0.571. The molecule has 0 aliphatic rings. The van der Waals surface area contributed by atoms with Gasteiger partial charge in [-0.1, -0.05) is 6.08 Å². The zero-order valence-electron chi connectivity index (χ0n) is 12.3. The summed E-state index contributed by atoms with van der Waals surface area (Å²) in [7, 11) is 0. The van der Waals surface area contributed by atoms with Crippen LogP contribution >= 0.6 is 0 Å². The molecule has 0 saturated carbocycles. The molecule has 1 aromatic rings. The molecule has 0 aromatic carbocycles. The molecule has 1 N–H and O–H groups in total. The third-order valence-corrected chi connectivity index (χ3v) is 2.65. The number of imidazole rings is 1. The van der Waals surface area contributed by atoms with Gasteiger partial charge in [-0.2, -0.15) is 0 Å². The maximum Gasteiger partial charge on any atom is 0.408 e. The number of rotatable bonds is 4. The normalized spacial score (nSPS) is 14.6. The first kappa shape index (κ1) is 15.3. The van der Waals surface area contributed by atoms with Crippen LogP contribution in [0, 0.1) is 0 Å². The van der Waals surface area contributed by atoms with E-state index in [9.17, 15) is 4.79 Å². The molecule has 5 heteroatoms. The van der Waals surface area contributed by atoms with Crippen LogP contribution in [0.2, 0.25) is 0 Å². The molecule has 0 saturated heterocycles. The van der Waals surface area contributed by atoms with E-state index in [1.54, 1.807) is 12.5 Å². The minimum Gasteiger partial charge on any atom is -0.444 e. The summed E-state index contributed by atoms with van der Waals surface area (Å²) >= 11 is 0. The number of aromatic nitrogens is 2. The van der Waals surface area contributed by atoms with Gasteiger partial charge in [0.2, 0.25) is 0 Å². The maximum atomic E-state index is 11.7. The Morgan fingerprint density at radius 3 is 2.68 bits per heavy atom. The number of carbonyl (C=O) groups excluding carboxylic acids is 1. The molecule has 5 nitrogen and oxygen atoms in total. The number of hydrogen-bond donors (Lipinski definition) is 1. The number of nitrogens with one attached hydrogen (secondary N) is 1. The monoisotopic (exact) mass is 265 g/mol. The SMILES string of the molecule is C=CC(C)n1cncc1C(C)NC(=O)OC(C)(C)C. The second kappa shape index (κ2) is 5.91. The number of ether oxygens (including phenoxy) is 1. The van der Waals surface area contributed by atoms with E-state index < -0.39 is 11.7 Å². The average Bonchev–Trinajstić information content (AvgIpc) is 2.73. The summed E-state index contributed by atoms with van der Waals surface area (Å²) in [6.45, 7) is 13.2. The van der Waals surface area contributed by atoms with Crippen LogP contribution in [0.15, 0.2) is 25.2 Å². The van der Waals surface area contributed by atoms with E-state index in [2.05, 4.69) is 16.9 Å². The first-order valence-electron chi connectivity index (χ1n) is 6.38. The van der Waals surface area contributed by atoms with Gasteiger partial charge in [0.1, 0.15) is 5.60 Å². The zero-order chi connectivity index (χ0) is 14.6. The molecule has 0 aliphatic carbocycles. The van der Waals surface area contributed by atoms with Gasteiger partial charge in [-0.05, 0) is 34.6 Å². The number of amides is 1. The molecule has 0 fully saturated rings. The van der Waals surface area contributed by atoms with E-state index in [-0.39, 0.29) is 12.1 Å². The largest absolute Gasteiger partial charge is 0.444 e. The van der Waals surface area contributed by atoms with Crippen LogP contribution in [0.4, 0.5) is 4.79 Å². The molecule has 0 aliphatic heterocycles. The van der Waals surface area contributed by atoms with E-state index in [1.807, 2.05) is 45.3 Å². The first-order chi connectivity index (χ1) is 8.74. The van der Waals surface area contributed by atoms with Crippen molar-refractivity contribution in [1.29, 1.82) is 0 Å². The van der Waals surface area contributed by atoms with Crippen LogP contribution in [-0.2, 0) is 4.74 Å². The van der Waals surface area contributed by atoms with E-state index in [0.29, 0.717) is 0 Å². The van der Waals surface area contributed by atoms with E-state index in [4.69, 9.17) is 4.74 Å². The van der Waals surface area contributed by atoms with Gasteiger partial charge < -0.3 is 14.6 Å². The second-order valence-electron chi connectivity index (χ2n) is 5.57. The maximum absolute atomic E-state index is 11.7. The van der Waals surface area contributed by atoms with Crippen molar-refractivity contribution < 1.29 is 9.53 Å². The van der Waals surface area contributed by atoms with Crippen LogP contribution in [0.5, 0.6) is 0 Å². The van der Waals surface area contributed by atoms with Gasteiger partial charge in [0.15, 0.2) is 0 Å². The number of carbonyl (C=O) groups is 1. The zero-order valence-corrected chi connectivity index (χ0v) is 12.3. The fourth-order valence-corrected chi connectivity index (χ4v) is 1.66. The number of nitrogens with zero attached hydrogens (tertiary/aromatic N) is 2. The predicted molar refractivity (Wildman–Crippen MR) is 74.9 cm³/mol. The highest BCUT2D eigenvalue weighted by Crippen LogP contribution is 2.18. The summed E-state index contributed by atoms with van der Waals surface area (Å²) in [6.07, 6.45) is 4.86. The lowest BCUT2D eigenvalue weighted by molar-refractivity contribution is 0.0506. The molecule has 0 radical (unpaired) electrons. The lowest BCUT2D eigenvalue weighted by Gasteiger charge is -2.23. The van der Waals surface area contributed by atoms with Crippen molar-refractivity contribution in [3.63, 3.8) is 0 Å². The summed E-state index contributed by atoms with van der Waals surface area (Å²) in [5.74, 6) is 0. The van der Waals surface area contributed by atoms with Crippen LogP contribution in [0.3, 0.4) is 0 Å². The Bertz CT molecular complexity index is 446. The Kier molecular flexibility index (Phi) is 4.75. The van der Waals surface area contributed by atoms with Gasteiger partial charge in [-0.25, -0.2) is 9.78 Å². The molecule has 1 amide bonds. The third kappa shape index (κ3) is 4.43. The summed E-state index contributed by atoms with van der Waals surface area (Å²) < 4.78 is 7.20. The highest BCUT2D eigenvalue weighted by Gasteiger charge is 2.20. The molecular formula is C14H23N3O2. The summed E-state index contributed by atoms with van der Waals surface area (Å²) in [4.78, 5) is 15.8. The van der Waals surface area contributed by atoms with Gasteiger partial charge >= 0.3 is 6.09 Å². The van der Waals surface area contributed by atoms with Crippen LogP contribution in [-0.4, -0.2) is 21.2 Å². The van der Waals surface area contributed by atoms with Crippen molar-refractivity contribution >= 4 is 6.09 Å². The molecule has 1 heterocycles. The molecule has 1 aromatic heterocycles. The highest BCUT2D eigenvalue weighted by atomic mass is 16.6. The number of alkyl carbamates (subject to hydrolysis) is 1. The Labute approximate surface area is 114 Å². The number of allylic oxidation sites excluding steroid dienone is 1. The molecule has 106 valence electrons. The van der Waals surface area contributed by atoms with E-state index in [0.717, 1.165) is 5.69 Å². The Morgan fingerprint density at radius 2 is 2.16 bits per heavy atom. The Morgan fingerprint density at radius 1 is 1.53 bits per heavy atom. The number of hydrogen-bond acceptors (Lipinski definition) is 3. The molecule has 0 bridgehead atoms. The van der Waals surface area contributed by atoms with Crippen molar-refractivity contribution in [1.82, 2.24) is 14.9 Å². The van der Waals surface area contributed by atoms with Crippen molar-refractivity contribution in [2.24, 2.45) is 0 Å². The Balaban J connectivity index is 2.73. The van der Waals surface area contributed by atoms with Crippen LogP contribution in [0.1, 0.15) is 52.4 Å². The highest BCUT2D eigenvalue weighted by molar-refractivity contribution is 5.68. The smallest absolute Gasteiger partial charge is 0.408 e. The average molecular weight is 265 g/mol. The lowest BCUT2D eigenvalue weighted by atomic mass is 10.2. The molecule has 0 spiro atoms. The van der Waals surface area contributed by atoms with Gasteiger partial charge in [-0.15, -0.1) is 6.58 Å². The second-order valence-corrected chi connectivity index (χ2v) is 5.57. The lowest BCUT2D eigenvalue weighted by Crippen LogP contribution is -2.34. The standard InChI is InChI=1S/C14H23N3O2/c1-7-10(2)17-9-15-8-12(17)11(3)16-13(18)19-14(4,5)6/h7-11H,1H2,2-6H3,(H,16,18). The first-order valence-corrected chi connectivity index (χ1v) is 6.38. The summed E-state index contributed by atoms with van der Waals surface area (Å²) in [5.41, 5.74) is 0.414. The van der Waals surface area contributed by atoms with Crippen molar-refractivity contribution in [2.45, 2.75) is 52.3 Å². The van der Waals surface area contributed by atoms with Crippen molar-refractivity contribution in [3.8, 4) is 0 Å². The van der Waals surface area contributed by atoms with Crippen LogP contribution < -0.4 is 5.32 Å². The van der Waals surface area contributed by atoms with Gasteiger partial charge in [0, 0.05) is 6.04 Å². The van der Waals surface area contributed by atoms with E-state index in [1.165, 1.54) is 0 Å². The minimum atomic E-state index is -0.502. The molecule has 2 unspecified atom stereocenters. The fourth-order valence-electron chi connectivity index (χ4n) is 1.66. The van der Waals surface area contributed by atoms with E-state index >= 15 is 0 Å². The minimum absolute atomic E-state index is 0.125. The summed E-state index contributed by atoms with van der Waals surface area (Å²) in [6, 6.07) is -0.0554. The Hall–Kier alpha value is -1.78.